The smallest absolute Gasteiger partial charge is 0.253 e. The minimum Gasteiger partial charge on any atom is -0.370 e. The van der Waals surface area contributed by atoms with Crippen molar-refractivity contribution in [3.8, 4) is 0 Å². The van der Waals surface area contributed by atoms with Gasteiger partial charge in [0.25, 0.3) is 11.8 Å². The number of benzene rings is 1. The minimum absolute atomic E-state index is 0.0942. The van der Waals surface area contributed by atoms with Crippen LogP contribution in [0.3, 0.4) is 0 Å². The maximum atomic E-state index is 14.6. The first-order valence-corrected chi connectivity index (χ1v) is 10.1. The van der Waals surface area contributed by atoms with E-state index in [-0.39, 0.29) is 41.9 Å². The number of carbonyl (C=O) groups excluding carboxylic acids is 3. The molecule has 2 aliphatic rings. The van der Waals surface area contributed by atoms with Gasteiger partial charge in [0, 0.05) is 24.8 Å². The van der Waals surface area contributed by atoms with Crippen LogP contribution in [0.1, 0.15) is 33.6 Å². The van der Waals surface area contributed by atoms with Gasteiger partial charge in [-0.2, -0.15) is 0 Å². The topological polar surface area (TPSA) is 105 Å². The fourth-order valence-corrected chi connectivity index (χ4v) is 3.62. The second kappa shape index (κ2) is 8.69. The Hall–Kier alpha value is -2.52. The van der Waals surface area contributed by atoms with Crippen molar-refractivity contribution in [2.75, 3.05) is 36.5 Å². The summed E-state index contributed by atoms with van der Waals surface area (Å²) in [5.41, 5.74) is 5.76. The molecule has 1 aliphatic carbocycles. The molecule has 2 fully saturated rings. The first kappa shape index (κ1) is 22.2. The highest BCUT2D eigenvalue weighted by Gasteiger charge is 2.42. The zero-order valence-corrected chi connectivity index (χ0v) is 17.6. The van der Waals surface area contributed by atoms with Gasteiger partial charge in [-0.3, -0.25) is 19.3 Å². The number of nitrogens with two attached hydrogens (primary N) is 1. The molecule has 0 bridgehead atoms. The summed E-state index contributed by atoms with van der Waals surface area (Å²) in [6, 6.07) is 3.07. The molecular weight excluding hydrogens is 391 g/mol. The van der Waals surface area contributed by atoms with E-state index in [1.807, 2.05) is 25.7 Å². The number of hydrogen-bond donors (Lipinski definition) is 2. The van der Waals surface area contributed by atoms with Crippen LogP contribution in [0.25, 0.3) is 0 Å². The average Bonchev–Trinajstić information content (AvgIpc) is 3.46. The van der Waals surface area contributed by atoms with Crippen LogP contribution in [0.2, 0.25) is 0 Å². The Balaban J connectivity index is 1.76. The number of ether oxygens (including phenoxy) is 1. The monoisotopic (exact) mass is 420 g/mol. The van der Waals surface area contributed by atoms with E-state index in [0.717, 1.165) is 18.9 Å². The van der Waals surface area contributed by atoms with Gasteiger partial charge in [0.1, 0.15) is 12.4 Å². The SMILES string of the molecule is CC(C)(C)CN(C1CC1)[C@H](C(N)=O)C(=O)Nc1ccc(N2CCOCC2=O)c(F)c1. The normalized spacial score (nSPS) is 18.4. The van der Waals surface area contributed by atoms with E-state index < -0.39 is 23.7 Å². The molecule has 0 spiro atoms. The molecule has 1 saturated heterocycles. The second-order valence-electron chi connectivity index (χ2n) is 9.02. The number of primary amides is 1. The highest BCUT2D eigenvalue weighted by atomic mass is 19.1. The molecular formula is C21H29FN4O4. The zero-order valence-electron chi connectivity index (χ0n) is 17.6. The fourth-order valence-electron chi connectivity index (χ4n) is 3.62. The third-order valence-corrected chi connectivity index (χ3v) is 5.01. The summed E-state index contributed by atoms with van der Waals surface area (Å²) in [5, 5.41) is 2.60. The number of anilines is 2. The molecule has 1 atom stereocenters. The molecule has 30 heavy (non-hydrogen) atoms. The van der Waals surface area contributed by atoms with Crippen LogP contribution in [0.5, 0.6) is 0 Å². The van der Waals surface area contributed by atoms with Crippen LogP contribution < -0.4 is 16.0 Å². The summed E-state index contributed by atoms with van der Waals surface area (Å²) >= 11 is 0. The van der Waals surface area contributed by atoms with Gasteiger partial charge in [-0.15, -0.1) is 0 Å². The number of nitrogens with zero attached hydrogens (tertiary/aromatic N) is 2. The highest BCUT2D eigenvalue weighted by molar-refractivity contribution is 6.09. The quantitative estimate of drug-likeness (QED) is 0.651. The van der Waals surface area contributed by atoms with Crippen molar-refractivity contribution in [1.82, 2.24) is 4.90 Å². The first-order chi connectivity index (χ1) is 14.1. The first-order valence-electron chi connectivity index (χ1n) is 10.1. The maximum absolute atomic E-state index is 14.6. The summed E-state index contributed by atoms with van der Waals surface area (Å²) in [6.07, 6.45) is 1.81. The number of amides is 3. The Morgan fingerprint density at radius 2 is 2.07 bits per heavy atom. The Kier molecular flexibility index (Phi) is 6.42. The number of halogens is 1. The molecule has 1 aromatic carbocycles. The van der Waals surface area contributed by atoms with Gasteiger partial charge in [0.15, 0.2) is 6.04 Å². The molecule has 1 heterocycles. The van der Waals surface area contributed by atoms with Crippen molar-refractivity contribution in [3.63, 3.8) is 0 Å². The highest BCUT2D eigenvalue weighted by Crippen LogP contribution is 2.32. The Morgan fingerprint density at radius 3 is 2.60 bits per heavy atom. The van der Waals surface area contributed by atoms with Gasteiger partial charge in [0.05, 0.1) is 12.3 Å². The Morgan fingerprint density at radius 1 is 1.37 bits per heavy atom. The molecule has 0 aromatic heterocycles. The van der Waals surface area contributed by atoms with Crippen molar-refractivity contribution in [2.45, 2.75) is 45.7 Å². The van der Waals surface area contributed by atoms with Crippen LogP contribution in [0.4, 0.5) is 15.8 Å². The summed E-state index contributed by atoms with van der Waals surface area (Å²) in [4.78, 5) is 40.1. The third-order valence-electron chi connectivity index (χ3n) is 5.01. The van der Waals surface area contributed by atoms with Crippen molar-refractivity contribution in [1.29, 1.82) is 0 Å². The van der Waals surface area contributed by atoms with Crippen LogP contribution in [-0.2, 0) is 19.1 Å². The lowest BCUT2D eigenvalue weighted by atomic mass is 9.94. The molecule has 1 saturated carbocycles. The number of hydrogen-bond acceptors (Lipinski definition) is 5. The molecule has 3 N–H and O–H groups in total. The van der Waals surface area contributed by atoms with Crippen molar-refractivity contribution >= 4 is 29.1 Å². The van der Waals surface area contributed by atoms with Crippen LogP contribution in [0, 0.1) is 11.2 Å². The van der Waals surface area contributed by atoms with Crippen molar-refractivity contribution < 1.29 is 23.5 Å². The van der Waals surface area contributed by atoms with Gasteiger partial charge in [-0.25, -0.2) is 4.39 Å². The number of morpholine rings is 1. The Bertz CT molecular complexity index is 835. The molecule has 8 nitrogen and oxygen atoms in total. The van der Waals surface area contributed by atoms with Gasteiger partial charge in [0.2, 0.25) is 5.91 Å². The Labute approximate surface area is 175 Å². The van der Waals surface area contributed by atoms with E-state index in [1.54, 1.807) is 0 Å². The number of rotatable bonds is 7. The zero-order chi connectivity index (χ0) is 22.1. The van der Waals surface area contributed by atoms with Crippen molar-refractivity contribution in [3.05, 3.63) is 24.0 Å². The van der Waals surface area contributed by atoms with Crippen LogP contribution >= 0.6 is 0 Å². The molecule has 9 heteroatoms. The van der Waals surface area contributed by atoms with E-state index in [1.165, 1.54) is 17.0 Å². The predicted molar refractivity (Wildman–Crippen MR) is 110 cm³/mol. The molecule has 164 valence electrons. The molecule has 1 aliphatic heterocycles. The summed E-state index contributed by atoms with van der Waals surface area (Å²) in [5.74, 6) is -2.30. The summed E-state index contributed by atoms with van der Waals surface area (Å²) < 4.78 is 19.7. The molecule has 3 rings (SSSR count). The molecule has 0 unspecified atom stereocenters. The third kappa shape index (κ3) is 5.34. The standard InChI is InChI=1S/C21H29FN4O4/c1-21(2,3)12-26(14-5-6-14)18(19(23)28)20(29)24-13-4-7-16(15(22)10-13)25-8-9-30-11-17(25)27/h4,7,10,14,18H,5-6,8-9,11-12H2,1-3H3,(H2,23,28)(H,24,29)/t18-/m1/s1. The van der Waals surface area contributed by atoms with E-state index in [4.69, 9.17) is 10.5 Å². The molecule has 3 amide bonds. The van der Waals surface area contributed by atoms with Crippen molar-refractivity contribution in [2.24, 2.45) is 11.1 Å². The lowest BCUT2D eigenvalue weighted by Gasteiger charge is -2.34. The number of nitrogens with one attached hydrogen (secondary N) is 1. The molecule has 1 aromatic rings. The van der Waals surface area contributed by atoms with Gasteiger partial charge in [-0.1, -0.05) is 20.8 Å². The van der Waals surface area contributed by atoms with Crippen LogP contribution in [-0.4, -0.2) is 61.0 Å². The van der Waals surface area contributed by atoms with E-state index in [0.29, 0.717) is 13.2 Å². The largest absolute Gasteiger partial charge is 0.370 e. The number of carbonyl (C=O) groups is 3. The maximum Gasteiger partial charge on any atom is 0.253 e. The summed E-state index contributed by atoms with van der Waals surface area (Å²) in [7, 11) is 0. The van der Waals surface area contributed by atoms with E-state index in [2.05, 4.69) is 5.32 Å². The molecule has 0 radical (unpaired) electrons. The van der Waals surface area contributed by atoms with Gasteiger partial charge in [-0.05, 0) is 36.5 Å². The van der Waals surface area contributed by atoms with E-state index in [9.17, 15) is 18.8 Å². The van der Waals surface area contributed by atoms with E-state index >= 15 is 0 Å². The van der Waals surface area contributed by atoms with Gasteiger partial charge < -0.3 is 20.7 Å². The van der Waals surface area contributed by atoms with Crippen LogP contribution in [0.15, 0.2) is 18.2 Å². The van der Waals surface area contributed by atoms with Gasteiger partial charge >= 0.3 is 0 Å². The summed E-state index contributed by atoms with van der Waals surface area (Å²) in [6.45, 7) is 7.11. The lowest BCUT2D eigenvalue weighted by Crippen LogP contribution is -2.55. The fraction of sp³-hybridized carbons (Fsp3) is 0.571. The minimum atomic E-state index is -1.14. The lowest BCUT2D eigenvalue weighted by molar-refractivity contribution is -0.133. The predicted octanol–water partition coefficient (Wildman–Crippen LogP) is 1.49. The average molecular weight is 420 g/mol. The second-order valence-corrected chi connectivity index (χ2v) is 9.02.